The Morgan fingerprint density at radius 2 is 1.88 bits per heavy atom. The molecule has 1 aromatic heterocycles. The Kier molecular flexibility index (Phi) is 6.66. The Bertz CT molecular complexity index is 845. The summed E-state index contributed by atoms with van der Waals surface area (Å²) in [7, 11) is 7.45. The van der Waals surface area contributed by atoms with E-state index in [9.17, 15) is 13.2 Å². The molecular weight excluding hydrogens is 395 g/mol. The van der Waals surface area contributed by atoms with Gasteiger partial charge >= 0.3 is 0 Å². The van der Waals surface area contributed by atoms with E-state index in [-0.39, 0.29) is 10.1 Å². The van der Waals surface area contributed by atoms with Crippen molar-refractivity contribution in [1.29, 1.82) is 0 Å². The predicted molar refractivity (Wildman–Crippen MR) is 108 cm³/mol. The van der Waals surface area contributed by atoms with Crippen LogP contribution >= 0.6 is 29.8 Å². The molecule has 1 heterocycles. The van der Waals surface area contributed by atoms with Crippen LogP contribution in [0, 0.1) is 0 Å². The van der Waals surface area contributed by atoms with Crippen LogP contribution in [0.25, 0.3) is 0 Å². The minimum Gasteiger partial charge on any atom is -0.493 e. The fourth-order valence-electron chi connectivity index (χ4n) is 1.82. The number of nitrogens with one attached hydrogen (secondary N) is 1. The van der Waals surface area contributed by atoms with Crippen LogP contribution in [0.5, 0.6) is 5.75 Å². The van der Waals surface area contributed by atoms with Crippen LogP contribution in [0.3, 0.4) is 0 Å². The zero-order valence-electron chi connectivity index (χ0n) is 13.6. The van der Waals surface area contributed by atoms with Crippen molar-refractivity contribution in [2.24, 2.45) is 0 Å². The van der Waals surface area contributed by atoms with Crippen LogP contribution in [0.2, 0.25) is 0 Å². The highest BCUT2D eigenvalue weighted by atomic mass is 32.2. The zero-order chi connectivity index (χ0) is 18.7. The second-order valence-electron chi connectivity index (χ2n) is 5.62. The number of carbonyl (C=O) groups excluding carboxylic acids is 1. The van der Waals surface area contributed by atoms with Crippen molar-refractivity contribution in [1.82, 2.24) is 5.32 Å². The molecule has 10 heteroatoms. The molecule has 2 radical (unpaired) electrons. The molecule has 2 rings (SSSR count). The van der Waals surface area contributed by atoms with Gasteiger partial charge < -0.3 is 10.1 Å². The number of amides is 1. The second-order valence-corrected chi connectivity index (χ2v) is 11.8. The molecule has 2 unspecified atom stereocenters. The Balaban J connectivity index is 1.90. The standard InChI is InChI=1S/C15H18BNO4P2S2/c1-25(19,20)13-7-6-12(24-13)14(18)17-8-10-2-4-11(5-3-10)21-9-15(16,22)23/h2-7H,8-9,22-23H2,1H3,(H,17,18). The van der Waals surface area contributed by atoms with E-state index in [4.69, 9.17) is 12.6 Å². The first kappa shape index (κ1) is 20.4. The summed E-state index contributed by atoms with van der Waals surface area (Å²) in [4.78, 5) is 11.9. The predicted octanol–water partition coefficient (Wildman–Crippen LogP) is 2.03. The van der Waals surface area contributed by atoms with E-state index in [0.717, 1.165) is 23.2 Å². The van der Waals surface area contributed by atoms with Crippen molar-refractivity contribution in [3.8, 4) is 5.75 Å². The SMILES string of the molecule is [B]C(P)(P)COc1ccc(CNC(=O)c2ccc(S(C)(=O)=O)s2)cc1. The minimum atomic E-state index is -3.29. The fourth-order valence-corrected chi connectivity index (χ4v) is 3.83. The monoisotopic (exact) mass is 413 g/mol. The van der Waals surface area contributed by atoms with Crippen LogP contribution in [-0.2, 0) is 16.4 Å². The van der Waals surface area contributed by atoms with Gasteiger partial charge in [0, 0.05) is 12.8 Å². The molecular formula is C15H18BNO4P2S2. The van der Waals surface area contributed by atoms with Gasteiger partial charge in [-0.3, -0.25) is 4.79 Å². The molecule has 0 spiro atoms. The van der Waals surface area contributed by atoms with E-state index >= 15 is 0 Å². The number of rotatable bonds is 7. The van der Waals surface area contributed by atoms with Gasteiger partial charge in [0.05, 0.1) is 19.3 Å². The Morgan fingerprint density at radius 1 is 1.24 bits per heavy atom. The van der Waals surface area contributed by atoms with Gasteiger partial charge in [-0.25, -0.2) is 8.42 Å². The van der Waals surface area contributed by atoms with Gasteiger partial charge in [0.1, 0.15) is 9.96 Å². The Morgan fingerprint density at radius 3 is 2.40 bits per heavy atom. The highest BCUT2D eigenvalue weighted by Crippen LogP contribution is 2.24. The summed E-state index contributed by atoms with van der Waals surface area (Å²) in [6.07, 6.45) is 1.12. The first-order chi connectivity index (χ1) is 11.5. The molecule has 1 amide bonds. The summed E-state index contributed by atoms with van der Waals surface area (Å²) in [6, 6.07) is 10.2. The first-order valence-electron chi connectivity index (χ1n) is 7.21. The Labute approximate surface area is 157 Å². The maximum absolute atomic E-state index is 12.1. The van der Waals surface area contributed by atoms with Gasteiger partial charge in [-0.15, -0.1) is 29.8 Å². The van der Waals surface area contributed by atoms with Gasteiger partial charge in [-0.1, -0.05) is 12.1 Å². The lowest BCUT2D eigenvalue weighted by molar-refractivity contribution is 0.0955. The maximum Gasteiger partial charge on any atom is 0.261 e. The van der Waals surface area contributed by atoms with Gasteiger partial charge in [0.2, 0.25) is 0 Å². The summed E-state index contributed by atoms with van der Waals surface area (Å²) in [5, 5.41) is 2.76. The quantitative estimate of drug-likeness (QED) is 0.557. The van der Waals surface area contributed by atoms with Crippen LogP contribution in [0.1, 0.15) is 15.2 Å². The van der Waals surface area contributed by atoms with E-state index in [1.165, 1.54) is 12.1 Å². The third-order valence-electron chi connectivity index (χ3n) is 3.04. The summed E-state index contributed by atoms with van der Waals surface area (Å²) in [5.41, 5.74) is 0.899. The number of sulfone groups is 1. The number of ether oxygens (including phenoxy) is 1. The van der Waals surface area contributed by atoms with Gasteiger partial charge in [-0.05, 0) is 34.6 Å². The van der Waals surface area contributed by atoms with Gasteiger partial charge in [0.15, 0.2) is 9.84 Å². The zero-order valence-corrected chi connectivity index (χ0v) is 17.5. The lowest BCUT2D eigenvalue weighted by Gasteiger charge is -2.19. The normalized spacial score (nSPS) is 12.0. The molecule has 0 aliphatic heterocycles. The van der Waals surface area contributed by atoms with Crippen LogP contribution in [-0.4, -0.2) is 39.8 Å². The Hall–Kier alpha value is -0.935. The highest BCUT2D eigenvalue weighted by molar-refractivity contribution is 7.92. The summed E-state index contributed by atoms with van der Waals surface area (Å²) < 4.78 is 28.6. The molecule has 0 saturated heterocycles. The number of benzene rings is 1. The molecule has 2 atom stereocenters. The molecule has 25 heavy (non-hydrogen) atoms. The summed E-state index contributed by atoms with van der Waals surface area (Å²) >= 11 is 0.959. The van der Waals surface area contributed by atoms with Gasteiger partial charge in [-0.2, -0.15) is 0 Å². The molecule has 0 aliphatic carbocycles. The van der Waals surface area contributed by atoms with Crippen molar-refractivity contribution in [3.05, 3.63) is 46.8 Å². The first-order valence-corrected chi connectivity index (χ1v) is 11.1. The molecule has 2 aromatic rings. The third-order valence-corrected chi connectivity index (χ3v) is 6.27. The van der Waals surface area contributed by atoms with Crippen molar-refractivity contribution in [2.45, 2.75) is 15.6 Å². The topological polar surface area (TPSA) is 72.5 Å². The van der Waals surface area contributed by atoms with Crippen LogP contribution in [0.4, 0.5) is 0 Å². The number of carbonyl (C=O) groups is 1. The highest BCUT2D eigenvalue weighted by Gasteiger charge is 2.15. The summed E-state index contributed by atoms with van der Waals surface area (Å²) in [6.45, 7) is 0.665. The average molecular weight is 413 g/mol. The van der Waals surface area contributed by atoms with Gasteiger partial charge in [0.25, 0.3) is 5.91 Å². The molecule has 1 aromatic carbocycles. The van der Waals surface area contributed by atoms with E-state index in [1.54, 1.807) is 12.1 Å². The van der Waals surface area contributed by atoms with Crippen molar-refractivity contribution in [2.75, 3.05) is 12.9 Å². The number of hydrogen-bond donors (Lipinski definition) is 1. The van der Waals surface area contributed by atoms with Crippen molar-refractivity contribution in [3.63, 3.8) is 0 Å². The average Bonchev–Trinajstić information content (AvgIpc) is 3.01. The molecule has 132 valence electrons. The van der Waals surface area contributed by atoms with Crippen LogP contribution in [0.15, 0.2) is 40.6 Å². The third kappa shape index (κ3) is 6.71. The summed E-state index contributed by atoms with van der Waals surface area (Å²) in [5.74, 6) is 0.380. The molecule has 5 nitrogen and oxygen atoms in total. The molecule has 0 fully saturated rings. The minimum absolute atomic E-state index is 0.179. The molecule has 0 saturated carbocycles. The number of thiophene rings is 1. The van der Waals surface area contributed by atoms with Crippen LogP contribution < -0.4 is 10.1 Å². The smallest absolute Gasteiger partial charge is 0.261 e. The molecule has 1 N–H and O–H groups in total. The van der Waals surface area contributed by atoms with E-state index in [0.29, 0.717) is 23.8 Å². The van der Waals surface area contributed by atoms with E-state index in [2.05, 4.69) is 23.8 Å². The maximum atomic E-state index is 12.1. The largest absolute Gasteiger partial charge is 0.493 e. The van der Waals surface area contributed by atoms with E-state index in [1.807, 2.05) is 12.1 Å². The van der Waals surface area contributed by atoms with Crippen molar-refractivity contribution >= 4 is 53.4 Å². The molecule has 0 aliphatic rings. The lowest BCUT2D eigenvalue weighted by Crippen LogP contribution is -2.22. The van der Waals surface area contributed by atoms with Crippen molar-refractivity contribution < 1.29 is 17.9 Å². The molecule has 0 bridgehead atoms. The number of hydrogen-bond acceptors (Lipinski definition) is 5. The van der Waals surface area contributed by atoms with E-state index < -0.39 is 14.6 Å². The lowest BCUT2D eigenvalue weighted by atomic mass is 10.0. The second kappa shape index (κ2) is 8.17. The fraction of sp³-hybridized carbons (Fsp3) is 0.267.